The zero-order valence-corrected chi connectivity index (χ0v) is 14.7. The summed E-state index contributed by atoms with van der Waals surface area (Å²) in [5.41, 5.74) is 0.597. The number of furan rings is 1. The van der Waals surface area contributed by atoms with Gasteiger partial charge in [-0.05, 0) is 38.5 Å². The average Bonchev–Trinajstić information content (AvgIpc) is 2.73. The van der Waals surface area contributed by atoms with E-state index in [1.807, 2.05) is 0 Å². The van der Waals surface area contributed by atoms with Crippen molar-refractivity contribution >= 4 is 21.6 Å². The lowest BCUT2D eigenvalue weighted by Crippen LogP contribution is -2.39. The van der Waals surface area contributed by atoms with Crippen LogP contribution >= 0.6 is 11.6 Å². The minimum atomic E-state index is -3.51. The van der Waals surface area contributed by atoms with Crippen molar-refractivity contribution in [2.45, 2.75) is 51.3 Å². The van der Waals surface area contributed by atoms with Crippen LogP contribution in [-0.2, 0) is 15.9 Å². The lowest BCUT2D eigenvalue weighted by Gasteiger charge is -2.33. The number of hydrogen-bond acceptors (Lipinski definition) is 3. The molecule has 0 amide bonds. The number of aryl methyl sites for hydroxylation is 2. The van der Waals surface area contributed by atoms with E-state index in [0.29, 0.717) is 42.0 Å². The van der Waals surface area contributed by atoms with Crippen molar-refractivity contribution in [2.75, 3.05) is 13.1 Å². The van der Waals surface area contributed by atoms with Crippen molar-refractivity contribution in [3.8, 4) is 0 Å². The first-order valence-corrected chi connectivity index (χ1v) is 9.41. The number of nitrogens with zero attached hydrogens (tertiary/aromatic N) is 1. The van der Waals surface area contributed by atoms with Crippen LogP contribution in [0.15, 0.2) is 9.31 Å². The Bertz CT molecular complexity index is 599. The van der Waals surface area contributed by atoms with Gasteiger partial charge in [-0.25, -0.2) is 8.42 Å². The third-order valence-corrected chi connectivity index (χ3v) is 6.86. The standard InChI is InChI=1S/C15H24ClNO3S/c1-10(2)13-5-7-17(8-6-13)21(18,19)15-12(4)20-11(3)14(15)9-16/h10,13H,5-9H2,1-4H3. The van der Waals surface area contributed by atoms with E-state index in [2.05, 4.69) is 13.8 Å². The predicted molar refractivity (Wildman–Crippen MR) is 84.1 cm³/mol. The molecule has 1 aliphatic rings. The maximum Gasteiger partial charge on any atom is 0.246 e. The van der Waals surface area contributed by atoms with Crippen LogP contribution in [0.2, 0.25) is 0 Å². The number of piperidine rings is 1. The first-order valence-electron chi connectivity index (χ1n) is 7.44. The van der Waals surface area contributed by atoms with E-state index in [-0.39, 0.29) is 10.8 Å². The van der Waals surface area contributed by atoms with Gasteiger partial charge in [-0.15, -0.1) is 11.6 Å². The van der Waals surface area contributed by atoms with Gasteiger partial charge in [-0.1, -0.05) is 13.8 Å². The highest BCUT2D eigenvalue weighted by atomic mass is 35.5. The fourth-order valence-corrected chi connectivity index (χ4v) is 5.40. The molecule has 0 spiro atoms. The highest BCUT2D eigenvalue weighted by molar-refractivity contribution is 7.89. The molecule has 1 fully saturated rings. The van der Waals surface area contributed by atoms with Gasteiger partial charge >= 0.3 is 0 Å². The molecule has 0 aromatic carbocycles. The topological polar surface area (TPSA) is 50.5 Å². The lowest BCUT2D eigenvalue weighted by atomic mass is 9.87. The minimum absolute atomic E-state index is 0.153. The molecule has 0 atom stereocenters. The third-order valence-electron chi connectivity index (χ3n) is 4.50. The quantitative estimate of drug-likeness (QED) is 0.789. The Kier molecular flexibility index (Phi) is 5.06. The second kappa shape index (κ2) is 6.31. The fraction of sp³-hybridized carbons (Fsp3) is 0.733. The summed E-state index contributed by atoms with van der Waals surface area (Å²) in [6, 6.07) is 0. The van der Waals surface area contributed by atoms with Gasteiger partial charge in [0.1, 0.15) is 16.4 Å². The summed E-state index contributed by atoms with van der Waals surface area (Å²) in [5, 5.41) is 0. The van der Waals surface area contributed by atoms with Gasteiger partial charge in [0.2, 0.25) is 10.0 Å². The van der Waals surface area contributed by atoms with Crippen LogP contribution in [0.1, 0.15) is 43.8 Å². The highest BCUT2D eigenvalue weighted by Crippen LogP contribution is 2.33. The van der Waals surface area contributed by atoms with Gasteiger partial charge in [0.25, 0.3) is 0 Å². The maximum atomic E-state index is 12.9. The molecule has 1 aliphatic heterocycles. The second-order valence-corrected chi connectivity index (χ2v) is 8.28. The molecule has 0 bridgehead atoms. The zero-order valence-electron chi connectivity index (χ0n) is 13.1. The number of rotatable bonds is 4. The van der Waals surface area contributed by atoms with Crippen LogP contribution in [0.4, 0.5) is 0 Å². The van der Waals surface area contributed by atoms with Crippen molar-refractivity contribution in [1.29, 1.82) is 0 Å². The van der Waals surface area contributed by atoms with Gasteiger partial charge in [0.15, 0.2) is 0 Å². The van der Waals surface area contributed by atoms with Crippen LogP contribution in [0, 0.1) is 25.7 Å². The van der Waals surface area contributed by atoms with Gasteiger partial charge in [0.05, 0.1) is 5.88 Å². The van der Waals surface area contributed by atoms with Crippen molar-refractivity contribution in [3.05, 3.63) is 17.1 Å². The molecule has 1 aromatic rings. The first kappa shape index (κ1) is 16.8. The number of hydrogen-bond donors (Lipinski definition) is 0. The van der Waals surface area contributed by atoms with E-state index in [1.54, 1.807) is 18.2 Å². The van der Waals surface area contributed by atoms with E-state index in [0.717, 1.165) is 12.8 Å². The average molecular weight is 334 g/mol. The molecule has 0 N–H and O–H groups in total. The van der Waals surface area contributed by atoms with Crippen molar-refractivity contribution in [2.24, 2.45) is 11.8 Å². The molecule has 4 nitrogen and oxygen atoms in total. The molecule has 21 heavy (non-hydrogen) atoms. The SMILES string of the molecule is Cc1oc(C)c(S(=O)(=O)N2CCC(C(C)C)CC2)c1CCl. The summed E-state index contributed by atoms with van der Waals surface area (Å²) in [4.78, 5) is 0.276. The Balaban J connectivity index is 2.28. The Hall–Kier alpha value is -0.520. The van der Waals surface area contributed by atoms with Crippen LogP contribution in [0.5, 0.6) is 0 Å². The van der Waals surface area contributed by atoms with E-state index >= 15 is 0 Å². The fourth-order valence-electron chi connectivity index (χ4n) is 3.11. The Morgan fingerprint density at radius 2 is 1.81 bits per heavy atom. The Morgan fingerprint density at radius 3 is 2.29 bits per heavy atom. The van der Waals surface area contributed by atoms with Crippen LogP contribution in [0.3, 0.4) is 0 Å². The summed E-state index contributed by atoms with van der Waals surface area (Å²) in [6.07, 6.45) is 1.84. The summed E-state index contributed by atoms with van der Waals surface area (Å²) in [6.45, 7) is 9.01. The normalized spacial score (nSPS) is 18.6. The summed E-state index contributed by atoms with van der Waals surface area (Å²) in [5.74, 6) is 2.40. The van der Waals surface area contributed by atoms with E-state index in [1.165, 1.54) is 0 Å². The summed E-state index contributed by atoms with van der Waals surface area (Å²) < 4.78 is 32.8. The molecule has 1 aromatic heterocycles. The molecule has 6 heteroatoms. The summed E-state index contributed by atoms with van der Waals surface area (Å²) >= 11 is 5.92. The van der Waals surface area contributed by atoms with Gasteiger partial charge in [0, 0.05) is 18.7 Å². The molecule has 0 saturated carbocycles. The van der Waals surface area contributed by atoms with E-state index in [9.17, 15) is 8.42 Å². The molecular weight excluding hydrogens is 310 g/mol. The molecule has 0 radical (unpaired) electrons. The van der Waals surface area contributed by atoms with Crippen molar-refractivity contribution in [1.82, 2.24) is 4.31 Å². The van der Waals surface area contributed by atoms with Gasteiger partial charge < -0.3 is 4.42 Å². The van der Waals surface area contributed by atoms with Crippen molar-refractivity contribution < 1.29 is 12.8 Å². The molecule has 120 valence electrons. The first-order chi connectivity index (χ1) is 9.78. The Labute approximate surface area is 132 Å². The minimum Gasteiger partial charge on any atom is -0.465 e. The number of sulfonamides is 1. The van der Waals surface area contributed by atoms with Crippen LogP contribution < -0.4 is 0 Å². The number of alkyl halides is 1. The molecule has 2 rings (SSSR count). The predicted octanol–water partition coefficient (Wildman–Crippen LogP) is 3.69. The smallest absolute Gasteiger partial charge is 0.246 e. The second-order valence-electron chi connectivity index (χ2n) is 6.14. The van der Waals surface area contributed by atoms with Crippen LogP contribution in [0.25, 0.3) is 0 Å². The van der Waals surface area contributed by atoms with Gasteiger partial charge in [-0.3, -0.25) is 0 Å². The number of halogens is 1. The van der Waals surface area contributed by atoms with Crippen molar-refractivity contribution in [3.63, 3.8) is 0 Å². The third kappa shape index (κ3) is 3.15. The monoisotopic (exact) mass is 333 g/mol. The molecule has 2 heterocycles. The Morgan fingerprint density at radius 1 is 1.24 bits per heavy atom. The van der Waals surface area contributed by atoms with Gasteiger partial charge in [-0.2, -0.15) is 4.31 Å². The summed E-state index contributed by atoms with van der Waals surface area (Å²) in [7, 11) is -3.51. The highest BCUT2D eigenvalue weighted by Gasteiger charge is 2.35. The zero-order chi connectivity index (χ0) is 15.8. The largest absolute Gasteiger partial charge is 0.465 e. The molecular formula is C15H24ClNO3S. The molecule has 0 unspecified atom stereocenters. The lowest BCUT2D eigenvalue weighted by molar-refractivity contribution is 0.226. The maximum absolute atomic E-state index is 12.9. The van der Waals surface area contributed by atoms with E-state index < -0.39 is 10.0 Å². The van der Waals surface area contributed by atoms with Crippen LogP contribution in [-0.4, -0.2) is 25.8 Å². The molecule has 0 aliphatic carbocycles. The van der Waals surface area contributed by atoms with E-state index in [4.69, 9.17) is 16.0 Å². The molecule has 1 saturated heterocycles.